The second kappa shape index (κ2) is 5.01. The minimum atomic E-state index is -0.195. The van der Waals surface area contributed by atoms with Gasteiger partial charge in [-0.25, -0.2) is 4.79 Å². The summed E-state index contributed by atoms with van der Waals surface area (Å²) in [7, 11) is 0. The van der Waals surface area contributed by atoms with Crippen LogP contribution in [0, 0.1) is 3.57 Å². The molecule has 0 bridgehead atoms. The average molecular weight is 351 g/mol. The summed E-state index contributed by atoms with van der Waals surface area (Å²) in [5, 5.41) is 0. The Hall–Kier alpha value is -0.140. The third-order valence-corrected chi connectivity index (χ3v) is 5.52. The maximum atomic E-state index is 11.7. The fraction of sp³-hybridized carbons (Fsp3) is 0.545. The molecule has 2 rings (SSSR count). The minimum Gasteiger partial charge on any atom is -0.462 e. The van der Waals surface area contributed by atoms with Gasteiger partial charge >= 0.3 is 5.97 Å². The SMILES string of the molecule is CCOC(=O)c1sc2c(c1I)CC(N)CC2. The first-order valence-electron chi connectivity index (χ1n) is 5.36. The van der Waals surface area contributed by atoms with E-state index in [2.05, 4.69) is 22.6 Å². The summed E-state index contributed by atoms with van der Waals surface area (Å²) < 4.78 is 6.10. The number of rotatable bonds is 2. The van der Waals surface area contributed by atoms with Gasteiger partial charge in [0, 0.05) is 14.5 Å². The van der Waals surface area contributed by atoms with E-state index in [1.165, 1.54) is 10.4 Å². The van der Waals surface area contributed by atoms with Crippen molar-refractivity contribution in [3.05, 3.63) is 18.9 Å². The highest BCUT2D eigenvalue weighted by molar-refractivity contribution is 14.1. The van der Waals surface area contributed by atoms with E-state index in [-0.39, 0.29) is 12.0 Å². The van der Waals surface area contributed by atoms with Crippen LogP contribution in [-0.2, 0) is 17.6 Å². The van der Waals surface area contributed by atoms with Crippen molar-refractivity contribution >= 4 is 39.9 Å². The van der Waals surface area contributed by atoms with E-state index in [1.54, 1.807) is 11.3 Å². The number of nitrogens with two attached hydrogens (primary N) is 1. The lowest BCUT2D eigenvalue weighted by atomic mass is 9.95. The predicted molar refractivity (Wildman–Crippen MR) is 73.0 cm³/mol. The Morgan fingerprint density at radius 2 is 2.44 bits per heavy atom. The van der Waals surface area contributed by atoms with Crippen LogP contribution in [-0.4, -0.2) is 18.6 Å². The number of hydrogen-bond donors (Lipinski definition) is 1. The van der Waals surface area contributed by atoms with Crippen molar-refractivity contribution in [3.63, 3.8) is 0 Å². The normalized spacial score (nSPS) is 19.3. The van der Waals surface area contributed by atoms with Crippen LogP contribution in [0.4, 0.5) is 0 Å². The number of halogens is 1. The molecule has 1 aliphatic rings. The highest BCUT2D eigenvalue weighted by Crippen LogP contribution is 2.35. The van der Waals surface area contributed by atoms with Crippen LogP contribution >= 0.6 is 33.9 Å². The van der Waals surface area contributed by atoms with Crippen LogP contribution in [0.15, 0.2) is 0 Å². The Bertz CT molecular complexity index is 416. The summed E-state index contributed by atoms with van der Waals surface area (Å²) in [5.41, 5.74) is 7.22. The maximum Gasteiger partial charge on any atom is 0.349 e. The zero-order valence-electron chi connectivity index (χ0n) is 9.09. The molecule has 3 nitrogen and oxygen atoms in total. The number of carbonyl (C=O) groups is 1. The first kappa shape index (κ1) is 12.3. The molecule has 0 fully saturated rings. The lowest BCUT2D eigenvalue weighted by Crippen LogP contribution is -2.27. The number of hydrogen-bond acceptors (Lipinski definition) is 4. The highest BCUT2D eigenvalue weighted by atomic mass is 127. The van der Waals surface area contributed by atoms with Gasteiger partial charge < -0.3 is 10.5 Å². The molecule has 0 spiro atoms. The summed E-state index contributed by atoms with van der Waals surface area (Å²) in [6.07, 6.45) is 2.91. The average Bonchev–Trinajstić information content (AvgIpc) is 2.57. The monoisotopic (exact) mass is 351 g/mol. The Morgan fingerprint density at radius 1 is 1.69 bits per heavy atom. The van der Waals surface area contributed by atoms with Gasteiger partial charge in [-0.1, -0.05) is 0 Å². The number of esters is 1. The van der Waals surface area contributed by atoms with Gasteiger partial charge in [-0.05, 0) is 54.3 Å². The molecule has 1 atom stereocenters. The molecule has 0 radical (unpaired) electrons. The van der Waals surface area contributed by atoms with Crippen LogP contribution in [0.5, 0.6) is 0 Å². The van der Waals surface area contributed by atoms with Crippen molar-refractivity contribution in [2.24, 2.45) is 5.73 Å². The number of fused-ring (bicyclic) bond motifs is 1. The second-order valence-corrected chi connectivity index (χ2v) is 6.05. The van der Waals surface area contributed by atoms with Gasteiger partial charge in [0.25, 0.3) is 0 Å². The van der Waals surface area contributed by atoms with Gasteiger partial charge in [0.15, 0.2) is 0 Å². The molecular weight excluding hydrogens is 337 g/mol. The highest BCUT2D eigenvalue weighted by Gasteiger charge is 2.26. The van der Waals surface area contributed by atoms with Gasteiger partial charge in [0.2, 0.25) is 0 Å². The number of ether oxygens (including phenoxy) is 1. The zero-order valence-corrected chi connectivity index (χ0v) is 12.1. The van der Waals surface area contributed by atoms with E-state index in [9.17, 15) is 4.79 Å². The van der Waals surface area contributed by atoms with Crippen molar-refractivity contribution in [3.8, 4) is 0 Å². The molecule has 88 valence electrons. The van der Waals surface area contributed by atoms with Crippen LogP contribution in [0.25, 0.3) is 0 Å². The van der Waals surface area contributed by atoms with E-state index in [4.69, 9.17) is 10.5 Å². The Morgan fingerprint density at radius 3 is 3.12 bits per heavy atom. The maximum absolute atomic E-state index is 11.7. The van der Waals surface area contributed by atoms with Gasteiger partial charge in [-0.15, -0.1) is 11.3 Å². The van der Waals surface area contributed by atoms with E-state index < -0.39 is 0 Å². The number of thiophene rings is 1. The lowest BCUT2D eigenvalue weighted by Gasteiger charge is -2.17. The summed E-state index contributed by atoms with van der Waals surface area (Å²) in [6.45, 7) is 2.26. The first-order chi connectivity index (χ1) is 7.63. The van der Waals surface area contributed by atoms with Crippen molar-refractivity contribution in [1.82, 2.24) is 0 Å². The molecule has 0 saturated carbocycles. The fourth-order valence-electron chi connectivity index (χ4n) is 1.90. The van der Waals surface area contributed by atoms with Gasteiger partial charge in [0.1, 0.15) is 4.88 Å². The summed E-state index contributed by atoms with van der Waals surface area (Å²) in [6, 6.07) is 0.241. The third kappa shape index (κ3) is 2.26. The van der Waals surface area contributed by atoms with Gasteiger partial charge in [0.05, 0.1) is 6.61 Å². The molecule has 0 aromatic carbocycles. The van der Waals surface area contributed by atoms with Crippen LogP contribution < -0.4 is 5.73 Å². The van der Waals surface area contributed by atoms with Crippen molar-refractivity contribution < 1.29 is 9.53 Å². The predicted octanol–water partition coefficient (Wildman–Crippen LogP) is 2.35. The van der Waals surface area contributed by atoms with Crippen LogP contribution in [0.1, 0.15) is 33.5 Å². The minimum absolute atomic E-state index is 0.195. The molecule has 1 aromatic rings. The van der Waals surface area contributed by atoms with Gasteiger partial charge in [-0.3, -0.25) is 0 Å². The Kier molecular flexibility index (Phi) is 3.86. The summed E-state index contributed by atoms with van der Waals surface area (Å²) in [4.78, 5) is 13.8. The second-order valence-electron chi connectivity index (χ2n) is 3.87. The van der Waals surface area contributed by atoms with E-state index in [0.717, 1.165) is 27.7 Å². The number of aryl methyl sites for hydroxylation is 1. The molecule has 1 aromatic heterocycles. The summed E-state index contributed by atoms with van der Waals surface area (Å²) >= 11 is 3.81. The van der Waals surface area contributed by atoms with E-state index >= 15 is 0 Å². The molecule has 1 unspecified atom stereocenters. The number of carbonyl (C=O) groups excluding carboxylic acids is 1. The molecule has 1 aliphatic carbocycles. The topological polar surface area (TPSA) is 52.3 Å². The van der Waals surface area contributed by atoms with Crippen molar-refractivity contribution in [2.75, 3.05) is 6.61 Å². The smallest absolute Gasteiger partial charge is 0.349 e. The lowest BCUT2D eigenvalue weighted by molar-refractivity contribution is 0.0531. The van der Waals surface area contributed by atoms with E-state index in [0.29, 0.717) is 6.61 Å². The van der Waals surface area contributed by atoms with Crippen molar-refractivity contribution in [2.45, 2.75) is 32.2 Å². The molecule has 0 amide bonds. The molecule has 16 heavy (non-hydrogen) atoms. The van der Waals surface area contributed by atoms with E-state index in [1.807, 2.05) is 6.92 Å². The molecule has 2 N–H and O–H groups in total. The molecular formula is C11H14INO2S. The first-order valence-corrected chi connectivity index (χ1v) is 7.25. The van der Waals surface area contributed by atoms with Gasteiger partial charge in [-0.2, -0.15) is 0 Å². The standard InChI is InChI=1S/C11H14INO2S/c1-2-15-11(14)10-9(12)7-5-6(13)3-4-8(7)16-10/h6H,2-5,13H2,1H3. The zero-order chi connectivity index (χ0) is 11.7. The molecule has 1 heterocycles. The molecule has 0 saturated heterocycles. The van der Waals surface area contributed by atoms with Crippen molar-refractivity contribution in [1.29, 1.82) is 0 Å². The molecule has 5 heteroatoms. The summed E-state index contributed by atoms with van der Waals surface area (Å²) in [5.74, 6) is -0.195. The van der Waals surface area contributed by atoms with Crippen LogP contribution in [0.2, 0.25) is 0 Å². The largest absolute Gasteiger partial charge is 0.462 e. The van der Waals surface area contributed by atoms with Crippen LogP contribution in [0.3, 0.4) is 0 Å². The molecule has 0 aliphatic heterocycles. The quantitative estimate of drug-likeness (QED) is 0.657. The third-order valence-electron chi connectivity index (χ3n) is 2.70. The fourth-order valence-corrected chi connectivity index (χ4v) is 4.31. The Labute approximate surface area is 112 Å². The Balaban J connectivity index is 2.32.